The number of hydrogen-bond donors (Lipinski definition) is 1. The third-order valence-electron chi connectivity index (χ3n) is 3.56. The van der Waals surface area contributed by atoms with Crippen LogP contribution in [0.4, 0.5) is 0 Å². The van der Waals surface area contributed by atoms with E-state index in [1.54, 1.807) is 0 Å². The molecule has 1 amide bonds. The average Bonchev–Trinajstić information content (AvgIpc) is 2.35. The molecule has 13 heavy (non-hydrogen) atoms. The van der Waals surface area contributed by atoms with Crippen molar-refractivity contribution >= 4 is 5.91 Å². The van der Waals surface area contributed by atoms with E-state index in [4.69, 9.17) is 0 Å². The SMILES string of the molecule is O=C1NC2=CCCC=C2C12CCC2. The zero-order chi connectivity index (χ0) is 8.89. The first kappa shape index (κ1) is 7.36. The van der Waals surface area contributed by atoms with Gasteiger partial charge in [-0.05, 0) is 31.3 Å². The van der Waals surface area contributed by atoms with Gasteiger partial charge in [0.05, 0.1) is 5.41 Å². The third-order valence-corrected chi connectivity index (χ3v) is 3.56. The first-order valence-electron chi connectivity index (χ1n) is 5.06. The van der Waals surface area contributed by atoms with E-state index in [-0.39, 0.29) is 11.3 Å². The van der Waals surface area contributed by atoms with Crippen LogP contribution in [0.5, 0.6) is 0 Å². The van der Waals surface area contributed by atoms with Gasteiger partial charge in [-0.1, -0.05) is 18.6 Å². The van der Waals surface area contributed by atoms with E-state index in [2.05, 4.69) is 17.5 Å². The largest absolute Gasteiger partial charge is 0.325 e. The zero-order valence-corrected chi connectivity index (χ0v) is 7.60. The van der Waals surface area contributed by atoms with Gasteiger partial charge in [0.1, 0.15) is 0 Å². The number of nitrogens with one attached hydrogen (secondary N) is 1. The molecule has 1 spiro atoms. The zero-order valence-electron chi connectivity index (χ0n) is 7.60. The number of rotatable bonds is 0. The molecule has 0 bridgehead atoms. The first-order chi connectivity index (χ1) is 6.33. The van der Waals surface area contributed by atoms with E-state index in [0.29, 0.717) is 0 Å². The van der Waals surface area contributed by atoms with Crippen LogP contribution in [0.1, 0.15) is 32.1 Å². The summed E-state index contributed by atoms with van der Waals surface area (Å²) in [4.78, 5) is 11.8. The number of hydrogen-bond acceptors (Lipinski definition) is 1. The molecule has 1 N–H and O–H groups in total. The van der Waals surface area contributed by atoms with Crippen LogP contribution in [0.25, 0.3) is 0 Å². The fourth-order valence-corrected chi connectivity index (χ4v) is 2.64. The van der Waals surface area contributed by atoms with Crippen molar-refractivity contribution in [2.75, 3.05) is 0 Å². The Morgan fingerprint density at radius 2 is 2.00 bits per heavy atom. The van der Waals surface area contributed by atoms with Gasteiger partial charge in [-0.15, -0.1) is 0 Å². The molecule has 3 aliphatic rings. The molecular weight excluding hydrogens is 162 g/mol. The van der Waals surface area contributed by atoms with Crippen LogP contribution < -0.4 is 5.32 Å². The number of allylic oxidation sites excluding steroid dienone is 3. The molecule has 2 fully saturated rings. The van der Waals surface area contributed by atoms with Crippen molar-refractivity contribution in [2.45, 2.75) is 32.1 Å². The Bertz CT molecular complexity index is 334. The number of amides is 1. The molecule has 3 rings (SSSR count). The molecule has 0 aromatic heterocycles. The summed E-state index contributed by atoms with van der Waals surface area (Å²) >= 11 is 0. The maximum absolute atomic E-state index is 11.8. The summed E-state index contributed by atoms with van der Waals surface area (Å²) in [7, 11) is 0. The highest BCUT2D eigenvalue weighted by atomic mass is 16.2. The Morgan fingerprint density at radius 3 is 2.69 bits per heavy atom. The van der Waals surface area contributed by atoms with Crippen molar-refractivity contribution in [2.24, 2.45) is 5.41 Å². The fourth-order valence-electron chi connectivity index (χ4n) is 2.64. The second kappa shape index (κ2) is 2.25. The van der Waals surface area contributed by atoms with Gasteiger partial charge in [-0.2, -0.15) is 0 Å². The Morgan fingerprint density at radius 1 is 1.23 bits per heavy atom. The summed E-state index contributed by atoms with van der Waals surface area (Å²) in [5.41, 5.74) is 2.32. The molecule has 0 radical (unpaired) electrons. The van der Waals surface area contributed by atoms with E-state index >= 15 is 0 Å². The molecule has 1 saturated heterocycles. The minimum absolute atomic E-state index is 0.0910. The molecule has 0 aromatic rings. The van der Waals surface area contributed by atoms with Gasteiger partial charge in [-0.3, -0.25) is 4.79 Å². The Labute approximate surface area is 77.7 Å². The molecule has 2 nitrogen and oxygen atoms in total. The van der Waals surface area contributed by atoms with E-state index < -0.39 is 0 Å². The summed E-state index contributed by atoms with van der Waals surface area (Å²) in [6, 6.07) is 0. The molecule has 0 atom stereocenters. The number of carbonyl (C=O) groups is 1. The van der Waals surface area contributed by atoms with Crippen LogP contribution in [0.2, 0.25) is 0 Å². The third kappa shape index (κ3) is 0.761. The highest BCUT2D eigenvalue weighted by molar-refractivity contribution is 5.94. The summed E-state index contributed by atoms with van der Waals surface area (Å²) in [6.07, 6.45) is 9.93. The van der Waals surface area contributed by atoms with E-state index in [1.165, 1.54) is 12.0 Å². The highest BCUT2D eigenvalue weighted by Gasteiger charge is 2.52. The summed E-state index contributed by atoms with van der Waals surface area (Å²) < 4.78 is 0. The monoisotopic (exact) mass is 175 g/mol. The first-order valence-corrected chi connectivity index (χ1v) is 5.06. The maximum Gasteiger partial charge on any atom is 0.235 e. The summed E-state index contributed by atoms with van der Waals surface area (Å²) in [5.74, 6) is 0.248. The summed E-state index contributed by atoms with van der Waals surface area (Å²) in [6.45, 7) is 0. The van der Waals surface area contributed by atoms with Crippen LogP contribution in [-0.4, -0.2) is 5.91 Å². The van der Waals surface area contributed by atoms with Crippen LogP contribution in [0.3, 0.4) is 0 Å². The molecule has 68 valence electrons. The second-order valence-corrected chi connectivity index (χ2v) is 4.20. The van der Waals surface area contributed by atoms with Crippen molar-refractivity contribution in [1.82, 2.24) is 5.32 Å². The fraction of sp³-hybridized carbons (Fsp3) is 0.545. The van der Waals surface area contributed by atoms with E-state index in [0.717, 1.165) is 31.4 Å². The molecule has 1 saturated carbocycles. The lowest BCUT2D eigenvalue weighted by molar-refractivity contribution is -0.129. The van der Waals surface area contributed by atoms with Gasteiger partial charge >= 0.3 is 0 Å². The van der Waals surface area contributed by atoms with Gasteiger partial charge in [0.25, 0.3) is 0 Å². The Hall–Kier alpha value is -1.05. The van der Waals surface area contributed by atoms with E-state index in [9.17, 15) is 4.79 Å². The number of fused-ring (bicyclic) bond motifs is 2. The molecule has 0 aromatic carbocycles. The minimum Gasteiger partial charge on any atom is -0.325 e. The van der Waals surface area contributed by atoms with Gasteiger partial charge in [0.2, 0.25) is 5.91 Å². The van der Waals surface area contributed by atoms with Crippen LogP contribution in [-0.2, 0) is 4.79 Å². The molecular formula is C11H13NO. The van der Waals surface area contributed by atoms with Crippen molar-refractivity contribution in [3.05, 3.63) is 23.4 Å². The summed E-state index contributed by atoms with van der Waals surface area (Å²) in [5, 5.41) is 3.00. The van der Waals surface area contributed by atoms with Crippen molar-refractivity contribution in [3.8, 4) is 0 Å². The predicted molar refractivity (Wildman–Crippen MR) is 49.8 cm³/mol. The van der Waals surface area contributed by atoms with Gasteiger partial charge in [0, 0.05) is 5.70 Å². The smallest absolute Gasteiger partial charge is 0.235 e. The normalized spacial score (nSPS) is 28.8. The van der Waals surface area contributed by atoms with Crippen molar-refractivity contribution in [3.63, 3.8) is 0 Å². The van der Waals surface area contributed by atoms with Crippen LogP contribution >= 0.6 is 0 Å². The second-order valence-electron chi connectivity index (χ2n) is 4.20. The molecule has 0 unspecified atom stereocenters. The quantitative estimate of drug-likeness (QED) is 0.598. The van der Waals surface area contributed by atoms with Gasteiger partial charge in [-0.25, -0.2) is 0 Å². The predicted octanol–water partition coefficient (Wildman–Crippen LogP) is 1.89. The molecule has 1 aliphatic heterocycles. The lowest BCUT2D eigenvalue weighted by Crippen LogP contribution is -2.38. The van der Waals surface area contributed by atoms with Crippen LogP contribution in [0.15, 0.2) is 23.4 Å². The van der Waals surface area contributed by atoms with Gasteiger partial charge in [0.15, 0.2) is 0 Å². The lowest BCUT2D eigenvalue weighted by Gasteiger charge is -2.36. The standard InChI is InChI=1S/C11H13NO/c13-10-11(6-3-7-11)8-4-1-2-5-9(8)12-10/h4-5H,1-3,6-7H2,(H,12,13). The van der Waals surface area contributed by atoms with Gasteiger partial charge < -0.3 is 5.32 Å². The number of carbonyl (C=O) groups excluding carboxylic acids is 1. The lowest BCUT2D eigenvalue weighted by atomic mass is 9.64. The van der Waals surface area contributed by atoms with E-state index in [1.807, 2.05) is 0 Å². The highest BCUT2D eigenvalue weighted by Crippen LogP contribution is 2.53. The molecule has 2 aliphatic carbocycles. The van der Waals surface area contributed by atoms with Crippen LogP contribution in [0, 0.1) is 5.41 Å². The molecule has 1 heterocycles. The average molecular weight is 175 g/mol. The molecule has 2 heteroatoms. The topological polar surface area (TPSA) is 29.1 Å². The van der Waals surface area contributed by atoms with Crippen molar-refractivity contribution in [1.29, 1.82) is 0 Å². The minimum atomic E-state index is -0.0910. The van der Waals surface area contributed by atoms with Crippen molar-refractivity contribution < 1.29 is 4.79 Å². The maximum atomic E-state index is 11.8. The Kier molecular flexibility index (Phi) is 1.27. The Balaban J connectivity index is 2.09.